The number of aliphatic carboxylic acids is 2. The van der Waals surface area contributed by atoms with Gasteiger partial charge in [0.15, 0.2) is 0 Å². The number of nitrogens with one attached hydrogen (secondary N) is 1. The van der Waals surface area contributed by atoms with E-state index in [2.05, 4.69) is 21.2 Å². The predicted octanol–water partition coefficient (Wildman–Crippen LogP) is 1.42. The molecule has 0 saturated heterocycles. The molecule has 0 aliphatic carbocycles. The van der Waals surface area contributed by atoms with Crippen LogP contribution in [0.25, 0.3) is 0 Å². The summed E-state index contributed by atoms with van der Waals surface area (Å²) >= 11 is 3.26. The van der Waals surface area contributed by atoms with Gasteiger partial charge in [-0.15, -0.1) is 0 Å². The molecule has 1 aromatic rings. The number of hydrogen-bond acceptors (Lipinski definition) is 3. The van der Waals surface area contributed by atoms with Gasteiger partial charge in [0.25, 0.3) is 5.91 Å². The molecule has 0 aliphatic rings. The minimum absolute atomic E-state index is 0.297. The second-order valence-corrected chi connectivity index (χ2v) is 4.73. The highest BCUT2D eigenvalue weighted by molar-refractivity contribution is 9.10. The Kier molecular flexibility index (Phi) is 5.05. The second kappa shape index (κ2) is 6.33. The van der Waals surface area contributed by atoms with Crippen LogP contribution in [-0.4, -0.2) is 34.1 Å². The van der Waals surface area contributed by atoms with Gasteiger partial charge in [-0.25, -0.2) is 4.79 Å². The van der Waals surface area contributed by atoms with Crippen LogP contribution in [0.1, 0.15) is 22.3 Å². The maximum atomic E-state index is 11.9. The highest BCUT2D eigenvalue weighted by Gasteiger charge is 2.24. The third-order valence-corrected chi connectivity index (χ3v) is 3.35. The van der Waals surface area contributed by atoms with Crippen LogP contribution in [0, 0.1) is 6.92 Å². The van der Waals surface area contributed by atoms with Crippen molar-refractivity contribution in [3.63, 3.8) is 0 Å². The molecule has 0 spiro atoms. The third-order valence-electron chi connectivity index (χ3n) is 2.49. The monoisotopic (exact) mass is 329 g/mol. The quantitative estimate of drug-likeness (QED) is 0.757. The molecule has 0 radical (unpaired) electrons. The minimum atomic E-state index is -1.46. The predicted molar refractivity (Wildman–Crippen MR) is 70.0 cm³/mol. The maximum absolute atomic E-state index is 11.9. The van der Waals surface area contributed by atoms with Crippen molar-refractivity contribution in [2.75, 3.05) is 0 Å². The van der Waals surface area contributed by atoms with Gasteiger partial charge in [0, 0.05) is 10.0 Å². The normalized spacial score (nSPS) is 11.7. The Morgan fingerprint density at radius 3 is 2.47 bits per heavy atom. The van der Waals surface area contributed by atoms with Crippen molar-refractivity contribution < 1.29 is 24.6 Å². The molecule has 6 nitrogen and oxygen atoms in total. The van der Waals surface area contributed by atoms with Crippen molar-refractivity contribution in [3.05, 3.63) is 33.8 Å². The molecule has 102 valence electrons. The lowest BCUT2D eigenvalue weighted by atomic mass is 10.1. The lowest BCUT2D eigenvalue weighted by molar-refractivity contribution is -0.145. The number of carboxylic acid groups (broad SMARTS) is 2. The summed E-state index contributed by atoms with van der Waals surface area (Å²) in [6.45, 7) is 1.70. The number of amides is 1. The Labute approximate surface area is 117 Å². The summed E-state index contributed by atoms with van der Waals surface area (Å²) in [6.07, 6.45) is -0.672. The van der Waals surface area contributed by atoms with Gasteiger partial charge in [-0.3, -0.25) is 9.59 Å². The van der Waals surface area contributed by atoms with Crippen molar-refractivity contribution in [2.24, 2.45) is 0 Å². The van der Waals surface area contributed by atoms with Gasteiger partial charge in [-0.1, -0.05) is 22.0 Å². The summed E-state index contributed by atoms with van der Waals surface area (Å²) in [5, 5.41) is 19.6. The number of carbonyl (C=O) groups is 3. The van der Waals surface area contributed by atoms with E-state index in [0.29, 0.717) is 15.6 Å². The Morgan fingerprint density at radius 1 is 1.32 bits per heavy atom. The van der Waals surface area contributed by atoms with Gasteiger partial charge in [0.2, 0.25) is 0 Å². The minimum Gasteiger partial charge on any atom is -0.481 e. The number of carboxylic acids is 2. The molecule has 3 N–H and O–H groups in total. The molecule has 0 fully saturated rings. The number of halogens is 1. The van der Waals surface area contributed by atoms with Crippen LogP contribution in [0.3, 0.4) is 0 Å². The summed E-state index contributed by atoms with van der Waals surface area (Å²) in [5.41, 5.74) is 0.950. The van der Waals surface area contributed by atoms with Crippen LogP contribution < -0.4 is 5.32 Å². The van der Waals surface area contributed by atoms with Crippen molar-refractivity contribution in [2.45, 2.75) is 19.4 Å². The molecule has 0 bridgehead atoms. The van der Waals surface area contributed by atoms with Gasteiger partial charge in [-0.05, 0) is 24.6 Å². The Morgan fingerprint density at radius 2 is 1.95 bits per heavy atom. The van der Waals surface area contributed by atoms with Crippen LogP contribution in [0.2, 0.25) is 0 Å². The molecule has 7 heteroatoms. The van der Waals surface area contributed by atoms with E-state index in [1.807, 2.05) is 0 Å². The van der Waals surface area contributed by atoms with E-state index in [0.717, 1.165) is 0 Å². The molecule has 1 amide bonds. The van der Waals surface area contributed by atoms with E-state index in [-0.39, 0.29) is 0 Å². The number of benzene rings is 1. The molecule has 19 heavy (non-hydrogen) atoms. The Balaban J connectivity index is 2.91. The Hall–Kier alpha value is -1.89. The van der Waals surface area contributed by atoms with Crippen LogP contribution in [0.15, 0.2) is 22.7 Å². The number of rotatable bonds is 5. The van der Waals surface area contributed by atoms with Crippen LogP contribution >= 0.6 is 15.9 Å². The summed E-state index contributed by atoms with van der Waals surface area (Å²) in [6, 6.07) is 3.47. The van der Waals surface area contributed by atoms with Gasteiger partial charge in [-0.2, -0.15) is 0 Å². The second-order valence-electron chi connectivity index (χ2n) is 3.87. The zero-order chi connectivity index (χ0) is 14.6. The molecule has 1 atom stereocenters. The van der Waals surface area contributed by atoms with E-state index in [4.69, 9.17) is 10.2 Å². The SMILES string of the molecule is Cc1c(Br)cccc1C(=O)N[C@H](CC(=O)O)C(=O)O. The third kappa shape index (κ3) is 4.06. The van der Waals surface area contributed by atoms with E-state index in [1.54, 1.807) is 19.1 Å². The molecule has 0 unspecified atom stereocenters. The molecule has 1 rings (SSSR count). The van der Waals surface area contributed by atoms with E-state index < -0.39 is 30.3 Å². The molecular formula is C12H12BrNO5. The van der Waals surface area contributed by atoms with Crippen molar-refractivity contribution >= 4 is 33.8 Å². The fourth-order valence-electron chi connectivity index (χ4n) is 1.46. The Bertz CT molecular complexity index is 529. The number of hydrogen-bond donors (Lipinski definition) is 3. The number of carbonyl (C=O) groups excluding carboxylic acids is 1. The summed E-state index contributed by atoms with van der Waals surface area (Å²) < 4.78 is 0.713. The van der Waals surface area contributed by atoms with Crippen molar-refractivity contribution in [1.82, 2.24) is 5.32 Å². The summed E-state index contributed by atoms with van der Waals surface area (Å²) in [4.78, 5) is 33.3. The first-order valence-electron chi connectivity index (χ1n) is 5.33. The topological polar surface area (TPSA) is 104 Å². The average Bonchev–Trinajstić information content (AvgIpc) is 2.31. The highest BCUT2D eigenvalue weighted by Crippen LogP contribution is 2.19. The van der Waals surface area contributed by atoms with Crippen LogP contribution in [-0.2, 0) is 9.59 Å². The fraction of sp³-hybridized carbons (Fsp3) is 0.250. The zero-order valence-corrected chi connectivity index (χ0v) is 11.6. The molecule has 0 saturated carbocycles. The average molecular weight is 330 g/mol. The fourth-order valence-corrected chi connectivity index (χ4v) is 1.83. The summed E-state index contributed by atoms with van der Waals surface area (Å²) in [7, 11) is 0. The van der Waals surface area contributed by atoms with E-state index in [9.17, 15) is 14.4 Å². The molecule has 1 aromatic carbocycles. The first-order chi connectivity index (χ1) is 8.82. The van der Waals surface area contributed by atoms with Gasteiger partial charge in [0.05, 0.1) is 6.42 Å². The first-order valence-corrected chi connectivity index (χ1v) is 6.12. The molecule has 0 aliphatic heterocycles. The lowest BCUT2D eigenvalue weighted by Crippen LogP contribution is -2.42. The molecule has 0 aromatic heterocycles. The lowest BCUT2D eigenvalue weighted by Gasteiger charge is -2.14. The van der Waals surface area contributed by atoms with Crippen molar-refractivity contribution in [1.29, 1.82) is 0 Å². The summed E-state index contributed by atoms with van der Waals surface area (Å²) in [5.74, 6) is -3.30. The van der Waals surface area contributed by atoms with Crippen LogP contribution in [0.4, 0.5) is 0 Å². The van der Waals surface area contributed by atoms with E-state index >= 15 is 0 Å². The standard InChI is InChI=1S/C12H12BrNO5/c1-6-7(3-2-4-8(6)13)11(17)14-9(12(18)19)5-10(15)16/h2-4,9H,5H2,1H3,(H,14,17)(H,15,16)(H,18,19)/t9-/m1/s1. The molecule has 0 heterocycles. The maximum Gasteiger partial charge on any atom is 0.326 e. The largest absolute Gasteiger partial charge is 0.481 e. The molecular weight excluding hydrogens is 318 g/mol. The van der Waals surface area contributed by atoms with Crippen LogP contribution in [0.5, 0.6) is 0 Å². The first kappa shape index (κ1) is 15.2. The van der Waals surface area contributed by atoms with Gasteiger partial charge >= 0.3 is 11.9 Å². The smallest absolute Gasteiger partial charge is 0.326 e. The highest BCUT2D eigenvalue weighted by atomic mass is 79.9. The van der Waals surface area contributed by atoms with Gasteiger partial charge < -0.3 is 15.5 Å². The van der Waals surface area contributed by atoms with E-state index in [1.165, 1.54) is 6.07 Å². The van der Waals surface area contributed by atoms with Gasteiger partial charge in [0.1, 0.15) is 6.04 Å². The zero-order valence-electron chi connectivity index (χ0n) is 10.0. The van der Waals surface area contributed by atoms with Crippen molar-refractivity contribution in [3.8, 4) is 0 Å².